The summed E-state index contributed by atoms with van der Waals surface area (Å²) in [4.78, 5) is 24.9. The van der Waals surface area contributed by atoms with Crippen LogP contribution in [0.5, 0.6) is 0 Å². The van der Waals surface area contributed by atoms with Crippen LogP contribution in [0.15, 0.2) is 59.5 Å². The Morgan fingerprint density at radius 3 is 2.18 bits per heavy atom. The van der Waals surface area contributed by atoms with Gasteiger partial charge in [0.25, 0.3) is 5.91 Å². The van der Waals surface area contributed by atoms with Crippen LogP contribution in [0.3, 0.4) is 0 Å². The highest BCUT2D eigenvalue weighted by Crippen LogP contribution is 2.16. The second-order valence-corrected chi connectivity index (χ2v) is 8.51. The van der Waals surface area contributed by atoms with E-state index in [1.54, 1.807) is 42.5 Å². The van der Waals surface area contributed by atoms with Gasteiger partial charge in [-0.1, -0.05) is 44.2 Å². The summed E-state index contributed by atoms with van der Waals surface area (Å²) < 4.78 is 27.1. The Balaban J connectivity index is 2.09. The Bertz CT molecular complexity index is 927. The van der Waals surface area contributed by atoms with Gasteiger partial charge in [-0.15, -0.1) is 0 Å². The van der Waals surface area contributed by atoms with Crippen molar-refractivity contribution in [2.75, 3.05) is 11.9 Å². The van der Waals surface area contributed by atoms with Gasteiger partial charge in [0.15, 0.2) is 0 Å². The molecule has 0 aliphatic rings. The van der Waals surface area contributed by atoms with E-state index in [-0.39, 0.29) is 16.7 Å². The van der Waals surface area contributed by atoms with Crippen LogP contribution >= 0.6 is 0 Å². The molecule has 2 amide bonds. The molecule has 3 N–H and O–H groups in total. The standard InChI is InChI=1S/C20H25N3O4S/c1-14(2)13-21-20(25)17-11-7-8-12-18(17)22-19(24)15(3)23-28(26,27)16-9-5-4-6-10-16/h4-12,14-15,23H,13H2,1-3H3,(H,21,25)(H,22,24)/t15-/m0/s1. The topological polar surface area (TPSA) is 104 Å². The van der Waals surface area contributed by atoms with Crippen molar-refractivity contribution in [2.45, 2.75) is 31.7 Å². The van der Waals surface area contributed by atoms with Crippen molar-refractivity contribution in [1.29, 1.82) is 0 Å². The molecular weight excluding hydrogens is 378 g/mol. The number of rotatable bonds is 8. The zero-order valence-corrected chi connectivity index (χ0v) is 16.9. The molecule has 0 aromatic heterocycles. The normalized spacial score (nSPS) is 12.4. The lowest BCUT2D eigenvalue weighted by atomic mass is 10.1. The lowest BCUT2D eigenvalue weighted by molar-refractivity contribution is -0.117. The molecule has 0 fully saturated rings. The lowest BCUT2D eigenvalue weighted by Gasteiger charge is -2.16. The molecule has 2 rings (SSSR count). The second kappa shape index (κ2) is 9.48. The third-order valence-electron chi connectivity index (χ3n) is 3.88. The van der Waals surface area contributed by atoms with Crippen molar-refractivity contribution < 1.29 is 18.0 Å². The van der Waals surface area contributed by atoms with Gasteiger partial charge in [0.1, 0.15) is 0 Å². The number of carbonyl (C=O) groups excluding carboxylic acids is 2. The van der Waals surface area contributed by atoms with Crippen LogP contribution in [0.4, 0.5) is 5.69 Å². The maximum absolute atomic E-state index is 12.5. The molecule has 0 spiro atoms. The summed E-state index contributed by atoms with van der Waals surface area (Å²) >= 11 is 0. The molecule has 7 nitrogen and oxygen atoms in total. The van der Waals surface area contributed by atoms with Crippen LogP contribution in [0.1, 0.15) is 31.1 Å². The van der Waals surface area contributed by atoms with Crippen LogP contribution < -0.4 is 15.4 Å². The summed E-state index contributed by atoms with van der Waals surface area (Å²) in [5, 5.41) is 5.43. The summed E-state index contributed by atoms with van der Waals surface area (Å²) in [5.41, 5.74) is 0.633. The average molecular weight is 404 g/mol. The number of para-hydroxylation sites is 1. The molecule has 0 bridgehead atoms. The summed E-state index contributed by atoms with van der Waals surface area (Å²) in [6.45, 7) is 5.91. The first-order valence-electron chi connectivity index (χ1n) is 8.96. The Morgan fingerprint density at radius 2 is 1.54 bits per heavy atom. The molecular formula is C20H25N3O4S. The Morgan fingerprint density at radius 1 is 0.929 bits per heavy atom. The maximum atomic E-state index is 12.5. The monoisotopic (exact) mass is 403 g/mol. The predicted octanol–water partition coefficient (Wildman–Crippen LogP) is 2.38. The second-order valence-electron chi connectivity index (χ2n) is 6.79. The van der Waals surface area contributed by atoms with E-state index in [0.29, 0.717) is 17.8 Å². The van der Waals surface area contributed by atoms with Gasteiger partial charge in [-0.25, -0.2) is 8.42 Å². The number of amides is 2. The first-order chi connectivity index (χ1) is 13.2. The van der Waals surface area contributed by atoms with E-state index in [1.807, 2.05) is 13.8 Å². The molecule has 0 aliphatic heterocycles. The van der Waals surface area contributed by atoms with E-state index in [4.69, 9.17) is 0 Å². The van der Waals surface area contributed by atoms with Crippen molar-refractivity contribution in [1.82, 2.24) is 10.0 Å². The fourth-order valence-corrected chi connectivity index (χ4v) is 3.60. The number of benzene rings is 2. The minimum Gasteiger partial charge on any atom is -0.352 e. The highest BCUT2D eigenvalue weighted by molar-refractivity contribution is 7.89. The molecule has 0 heterocycles. The molecule has 0 saturated carbocycles. The minimum absolute atomic E-state index is 0.0723. The van der Waals surface area contributed by atoms with Crippen LogP contribution in [0.2, 0.25) is 0 Å². The molecule has 28 heavy (non-hydrogen) atoms. The van der Waals surface area contributed by atoms with Crippen molar-refractivity contribution in [2.24, 2.45) is 5.92 Å². The Hall–Kier alpha value is -2.71. The minimum atomic E-state index is -3.83. The molecule has 0 saturated heterocycles. The van der Waals surface area contributed by atoms with Gasteiger partial charge in [-0.05, 0) is 37.1 Å². The van der Waals surface area contributed by atoms with Crippen LogP contribution in [-0.4, -0.2) is 32.8 Å². The first-order valence-corrected chi connectivity index (χ1v) is 10.4. The summed E-state index contributed by atoms with van der Waals surface area (Å²) in [6.07, 6.45) is 0. The molecule has 2 aromatic rings. The fraction of sp³-hybridized carbons (Fsp3) is 0.300. The van der Waals surface area contributed by atoms with Crippen LogP contribution in [0, 0.1) is 5.92 Å². The molecule has 150 valence electrons. The van der Waals surface area contributed by atoms with E-state index >= 15 is 0 Å². The zero-order chi connectivity index (χ0) is 20.7. The molecule has 0 radical (unpaired) electrons. The Labute approximate surface area is 165 Å². The lowest BCUT2D eigenvalue weighted by Crippen LogP contribution is -2.41. The smallest absolute Gasteiger partial charge is 0.253 e. The van der Waals surface area contributed by atoms with Crippen molar-refractivity contribution in [3.8, 4) is 0 Å². The van der Waals surface area contributed by atoms with Gasteiger partial charge in [0, 0.05) is 6.54 Å². The third-order valence-corrected chi connectivity index (χ3v) is 5.44. The fourth-order valence-electron chi connectivity index (χ4n) is 2.38. The van der Waals surface area contributed by atoms with Crippen molar-refractivity contribution >= 4 is 27.5 Å². The van der Waals surface area contributed by atoms with Crippen molar-refractivity contribution in [3.05, 3.63) is 60.2 Å². The maximum Gasteiger partial charge on any atom is 0.253 e. The number of sulfonamides is 1. The summed E-state index contributed by atoms with van der Waals surface area (Å²) in [6, 6.07) is 13.4. The highest BCUT2D eigenvalue weighted by Gasteiger charge is 2.23. The molecule has 2 aromatic carbocycles. The van der Waals surface area contributed by atoms with E-state index in [2.05, 4.69) is 15.4 Å². The van der Waals surface area contributed by atoms with Crippen LogP contribution in [0.25, 0.3) is 0 Å². The van der Waals surface area contributed by atoms with Gasteiger partial charge in [0.2, 0.25) is 15.9 Å². The number of hydrogen-bond donors (Lipinski definition) is 3. The first kappa shape index (κ1) is 21.6. The highest BCUT2D eigenvalue weighted by atomic mass is 32.2. The van der Waals surface area contributed by atoms with Gasteiger partial charge >= 0.3 is 0 Å². The van der Waals surface area contributed by atoms with Crippen LogP contribution in [-0.2, 0) is 14.8 Å². The largest absolute Gasteiger partial charge is 0.352 e. The van der Waals surface area contributed by atoms with Gasteiger partial charge in [-0.3, -0.25) is 9.59 Å². The summed E-state index contributed by atoms with van der Waals surface area (Å²) in [5.74, 6) is -0.580. The average Bonchev–Trinajstić information content (AvgIpc) is 2.66. The van der Waals surface area contributed by atoms with E-state index in [1.165, 1.54) is 19.1 Å². The van der Waals surface area contributed by atoms with E-state index in [9.17, 15) is 18.0 Å². The van der Waals surface area contributed by atoms with Gasteiger partial charge in [0.05, 0.1) is 22.2 Å². The quantitative estimate of drug-likeness (QED) is 0.629. The third kappa shape index (κ3) is 5.90. The molecule has 8 heteroatoms. The molecule has 0 aliphatic carbocycles. The molecule has 0 unspecified atom stereocenters. The molecule has 1 atom stereocenters. The Kier molecular flexibility index (Phi) is 7.31. The van der Waals surface area contributed by atoms with E-state index in [0.717, 1.165) is 0 Å². The van der Waals surface area contributed by atoms with Gasteiger partial charge in [-0.2, -0.15) is 4.72 Å². The number of hydrogen-bond acceptors (Lipinski definition) is 4. The SMILES string of the molecule is CC(C)CNC(=O)c1ccccc1NC(=O)[C@H](C)NS(=O)(=O)c1ccccc1. The van der Waals surface area contributed by atoms with Crippen molar-refractivity contribution in [3.63, 3.8) is 0 Å². The summed E-state index contributed by atoms with van der Waals surface area (Å²) in [7, 11) is -3.83. The number of nitrogens with one attached hydrogen (secondary N) is 3. The zero-order valence-electron chi connectivity index (χ0n) is 16.1. The van der Waals surface area contributed by atoms with E-state index < -0.39 is 22.0 Å². The predicted molar refractivity (Wildman–Crippen MR) is 108 cm³/mol. The number of carbonyl (C=O) groups is 2. The number of anilines is 1. The van der Waals surface area contributed by atoms with Gasteiger partial charge < -0.3 is 10.6 Å².